The van der Waals surface area contributed by atoms with Crippen molar-refractivity contribution in [2.24, 2.45) is 5.92 Å². The van der Waals surface area contributed by atoms with E-state index >= 15 is 0 Å². The van der Waals surface area contributed by atoms with E-state index in [4.69, 9.17) is 23.2 Å². The smallest absolute Gasteiger partial charge is 0.250 e. The molecule has 3 aliphatic rings. The van der Waals surface area contributed by atoms with Crippen LogP contribution in [0.5, 0.6) is 0 Å². The van der Waals surface area contributed by atoms with Gasteiger partial charge in [0.05, 0.1) is 5.92 Å². The molecule has 0 aliphatic carbocycles. The summed E-state index contributed by atoms with van der Waals surface area (Å²) in [5.74, 6) is 0.527. The fraction of sp³-hybridized carbons (Fsp3) is 0.214. The van der Waals surface area contributed by atoms with Crippen LogP contribution in [0.1, 0.15) is 22.6 Å². The number of fused-ring (bicyclic) bond motifs is 4. The number of benzene rings is 3. The van der Waals surface area contributed by atoms with E-state index in [1.54, 1.807) is 36.0 Å². The Morgan fingerprint density at radius 1 is 1.06 bits per heavy atom. The number of allylic oxidation sites excluding steroid dienone is 1. The van der Waals surface area contributed by atoms with E-state index in [2.05, 4.69) is 26.1 Å². The lowest BCUT2D eigenvalue weighted by atomic mass is 9.70. The molecule has 8 heteroatoms. The Labute approximate surface area is 232 Å². The minimum atomic E-state index is -1.10. The van der Waals surface area contributed by atoms with E-state index in [0.29, 0.717) is 15.9 Å². The first-order valence-electron chi connectivity index (χ1n) is 11.6. The zero-order chi connectivity index (χ0) is 25.0. The van der Waals surface area contributed by atoms with Gasteiger partial charge in [0, 0.05) is 49.4 Å². The first-order valence-corrected chi connectivity index (χ1v) is 14.3. The van der Waals surface area contributed by atoms with E-state index < -0.39 is 11.5 Å². The molecular weight excluding hydrogens is 579 g/mol. The van der Waals surface area contributed by atoms with Gasteiger partial charge in [0.1, 0.15) is 5.54 Å². The number of carbonyl (C=O) groups excluding carboxylic acids is 2. The maximum absolute atomic E-state index is 14.2. The second kappa shape index (κ2) is 9.34. The third kappa shape index (κ3) is 3.77. The molecule has 0 aromatic heterocycles. The molecule has 1 spiro atoms. The van der Waals surface area contributed by atoms with Gasteiger partial charge in [-0.1, -0.05) is 69.5 Å². The van der Waals surface area contributed by atoms with Crippen molar-refractivity contribution in [1.82, 2.24) is 4.90 Å². The van der Waals surface area contributed by atoms with Crippen LogP contribution >= 0.6 is 50.9 Å². The molecular formula is C28H21BrCl2N2O2S. The van der Waals surface area contributed by atoms with Crippen molar-refractivity contribution < 1.29 is 9.59 Å². The van der Waals surface area contributed by atoms with Crippen LogP contribution in [0.2, 0.25) is 10.0 Å². The third-order valence-electron chi connectivity index (χ3n) is 7.45. The minimum Gasteiger partial charge on any atom is -0.324 e. The Kier molecular flexibility index (Phi) is 6.29. The predicted molar refractivity (Wildman–Crippen MR) is 151 cm³/mol. The van der Waals surface area contributed by atoms with Gasteiger partial charge in [-0.3, -0.25) is 14.5 Å². The lowest BCUT2D eigenvalue weighted by Crippen LogP contribution is -2.52. The summed E-state index contributed by atoms with van der Waals surface area (Å²) in [5, 5.41) is 4.37. The third-order valence-corrected chi connectivity index (χ3v) is 9.49. The highest BCUT2D eigenvalue weighted by Crippen LogP contribution is 2.61. The van der Waals surface area contributed by atoms with E-state index in [1.807, 2.05) is 54.6 Å². The van der Waals surface area contributed by atoms with Crippen LogP contribution in [0.15, 0.2) is 77.3 Å². The fourth-order valence-electron chi connectivity index (χ4n) is 5.99. The van der Waals surface area contributed by atoms with Crippen LogP contribution in [-0.2, 0) is 15.1 Å². The van der Waals surface area contributed by atoms with Gasteiger partial charge in [0.25, 0.3) is 0 Å². The lowest BCUT2D eigenvalue weighted by Gasteiger charge is -2.36. The monoisotopic (exact) mass is 598 g/mol. The van der Waals surface area contributed by atoms with E-state index in [1.165, 1.54) is 0 Å². The summed E-state index contributed by atoms with van der Waals surface area (Å²) >= 11 is 17.6. The molecule has 36 heavy (non-hydrogen) atoms. The van der Waals surface area contributed by atoms with Gasteiger partial charge in [-0.25, -0.2) is 0 Å². The molecule has 3 aromatic carbocycles. The SMILES string of the molecule is O=C(/C=C/c1ccc(Cl)cc1)[C@@H]1[C@@H](c2ccc(Cl)cc2)[C@@H]2CSCN2C12C(=O)Nc1ccc(Br)cc12. The molecule has 3 aromatic rings. The van der Waals surface area contributed by atoms with Gasteiger partial charge < -0.3 is 5.32 Å². The van der Waals surface area contributed by atoms with Crippen LogP contribution in [0.25, 0.3) is 6.08 Å². The Hall–Kier alpha value is -2.09. The number of hydrogen-bond acceptors (Lipinski definition) is 4. The highest BCUT2D eigenvalue weighted by atomic mass is 79.9. The van der Waals surface area contributed by atoms with Crippen LogP contribution in [-0.4, -0.2) is 34.3 Å². The highest BCUT2D eigenvalue weighted by molar-refractivity contribution is 9.10. The first kappa shape index (κ1) is 24.3. The number of carbonyl (C=O) groups is 2. The fourth-order valence-corrected chi connectivity index (χ4v) is 7.93. The molecule has 2 saturated heterocycles. The zero-order valence-electron chi connectivity index (χ0n) is 19.0. The van der Waals surface area contributed by atoms with Crippen molar-refractivity contribution in [2.75, 3.05) is 16.9 Å². The normalized spacial score (nSPS) is 27.0. The average molecular weight is 600 g/mol. The second-order valence-corrected chi connectivity index (χ2v) is 12.1. The zero-order valence-corrected chi connectivity index (χ0v) is 22.9. The summed E-state index contributed by atoms with van der Waals surface area (Å²) in [6, 6.07) is 20.9. The number of nitrogens with one attached hydrogen (secondary N) is 1. The summed E-state index contributed by atoms with van der Waals surface area (Å²) in [7, 11) is 0. The van der Waals surface area contributed by atoms with Crippen molar-refractivity contribution in [3.8, 4) is 0 Å². The van der Waals surface area contributed by atoms with Crippen LogP contribution in [0.4, 0.5) is 5.69 Å². The number of halogens is 3. The minimum absolute atomic E-state index is 0.0322. The largest absolute Gasteiger partial charge is 0.324 e. The van der Waals surface area contributed by atoms with Gasteiger partial charge in [0.15, 0.2) is 5.78 Å². The standard InChI is InChI=1S/C28H21BrCl2N2O2S/c29-18-6-11-22-21(13-18)28(27(35)32-22)26(24(34)12-3-16-1-7-19(30)8-2-16)25(23-14-36-15-33(23)28)17-4-9-20(31)10-5-17/h1-13,23,25-26H,14-15H2,(H,32,35)/b12-3+/t23-,25-,26+,28?/m0/s1. The molecule has 1 amide bonds. The molecule has 0 radical (unpaired) electrons. The number of anilines is 1. The number of ketones is 1. The van der Waals surface area contributed by atoms with Crippen molar-refractivity contribution >= 4 is 74.3 Å². The maximum Gasteiger partial charge on any atom is 0.250 e. The van der Waals surface area contributed by atoms with Crippen molar-refractivity contribution in [3.63, 3.8) is 0 Å². The summed E-state index contributed by atoms with van der Waals surface area (Å²) < 4.78 is 0.873. The van der Waals surface area contributed by atoms with Gasteiger partial charge in [-0.2, -0.15) is 0 Å². The Balaban J connectivity index is 1.53. The molecule has 0 saturated carbocycles. The van der Waals surface area contributed by atoms with Gasteiger partial charge >= 0.3 is 0 Å². The molecule has 2 fully saturated rings. The van der Waals surface area contributed by atoms with Gasteiger partial charge in [0.2, 0.25) is 5.91 Å². The molecule has 3 heterocycles. The molecule has 1 unspecified atom stereocenters. The Bertz CT molecular complexity index is 1400. The molecule has 4 nitrogen and oxygen atoms in total. The summed E-state index contributed by atoms with van der Waals surface area (Å²) in [4.78, 5) is 30.4. The topological polar surface area (TPSA) is 49.4 Å². The molecule has 3 aliphatic heterocycles. The molecule has 1 N–H and O–H groups in total. The van der Waals surface area contributed by atoms with Gasteiger partial charge in [-0.05, 0) is 59.7 Å². The van der Waals surface area contributed by atoms with E-state index in [-0.39, 0.29) is 23.7 Å². The first-order chi connectivity index (χ1) is 17.4. The molecule has 6 rings (SSSR count). The number of thioether (sulfide) groups is 1. The van der Waals surface area contributed by atoms with Crippen LogP contribution in [0, 0.1) is 5.92 Å². The van der Waals surface area contributed by atoms with Crippen molar-refractivity contribution in [1.29, 1.82) is 0 Å². The van der Waals surface area contributed by atoms with E-state index in [9.17, 15) is 9.59 Å². The molecule has 182 valence electrons. The van der Waals surface area contributed by atoms with Crippen LogP contribution < -0.4 is 5.32 Å². The molecule has 0 bridgehead atoms. The van der Waals surface area contributed by atoms with Crippen molar-refractivity contribution in [2.45, 2.75) is 17.5 Å². The van der Waals surface area contributed by atoms with Gasteiger partial charge in [-0.15, -0.1) is 11.8 Å². The molecule has 4 atom stereocenters. The lowest BCUT2D eigenvalue weighted by molar-refractivity contribution is -0.134. The highest BCUT2D eigenvalue weighted by Gasteiger charge is 2.69. The number of amides is 1. The maximum atomic E-state index is 14.2. The van der Waals surface area contributed by atoms with Crippen molar-refractivity contribution in [3.05, 3.63) is 104 Å². The summed E-state index contributed by atoms with van der Waals surface area (Å²) in [6.45, 7) is 0. The number of nitrogens with zero attached hydrogens (tertiary/aromatic N) is 1. The van der Waals surface area contributed by atoms with E-state index in [0.717, 1.165) is 32.6 Å². The Morgan fingerprint density at radius 3 is 2.47 bits per heavy atom. The number of rotatable bonds is 4. The average Bonchev–Trinajstić information content (AvgIpc) is 3.53. The second-order valence-electron chi connectivity index (χ2n) is 9.29. The Morgan fingerprint density at radius 2 is 1.75 bits per heavy atom. The summed E-state index contributed by atoms with van der Waals surface area (Å²) in [6.07, 6.45) is 3.43. The quantitative estimate of drug-likeness (QED) is 0.329. The predicted octanol–water partition coefficient (Wildman–Crippen LogP) is 6.97. The summed E-state index contributed by atoms with van der Waals surface area (Å²) in [5.41, 5.74) is 2.40. The number of hydrogen-bond donors (Lipinski definition) is 1. The van der Waals surface area contributed by atoms with Crippen LogP contribution in [0.3, 0.4) is 0 Å².